The second kappa shape index (κ2) is 7.39. The fourth-order valence-corrected chi connectivity index (χ4v) is 4.48. The van der Waals surface area contributed by atoms with Crippen molar-refractivity contribution in [2.75, 3.05) is 19.6 Å². The van der Waals surface area contributed by atoms with Crippen molar-refractivity contribution in [1.29, 1.82) is 5.26 Å². The molecule has 1 aromatic heterocycles. The van der Waals surface area contributed by atoms with Crippen LogP contribution in [0.3, 0.4) is 0 Å². The summed E-state index contributed by atoms with van der Waals surface area (Å²) in [6, 6.07) is 10.3. The molecule has 1 amide bonds. The molecule has 5 rings (SSSR count). The zero-order valence-corrected chi connectivity index (χ0v) is 16.4. The lowest BCUT2D eigenvalue weighted by Crippen LogP contribution is -2.54. The number of fused-ring (bicyclic) bond motifs is 3. The Kier molecular flexibility index (Phi) is 4.57. The number of aromatic nitrogens is 2. The van der Waals surface area contributed by atoms with E-state index in [2.05, 4.69) is 63.9 Å². The minimum atomic E-state index is -0.475. The van der Waals surface area contributed by atoms with E-state index < -0.39 is 6.09 Å². The summed E-state index contributed by atoms with van der Waals surface area (Å²) in [5.74, 6) is 0.264. The van der Waals surface area contributed by atoms with Crippen LogP contribution in [0.25, 0.3) is 18.2 Å². The van der Waals surface area contributed by atoms with Crippen LogP contribution in [0.5, 0.6) is 5.88 Å². The van der Waals surface area contributed by atoms with Gasteiger partial charge in [-0.1, -0.05) is 42.5 Å². The smallest absolute Gasteiger partial charge is 0.390 e. The number of nitrogens with zero attached hydrogens (tertiary/aromatic N) is 4. The molecule has 3 aliphatic rings. The van der Waals surface area contributed by atoms with Crippen LogP contribution < -0.4 is 20.6 Å². The second-order valence-corrected chi connectivity index (χ2v) is 7.77. The van der Waals surface area contributed by atoms with Crippen molar-refractivity contribution in [2.24, 2.45) is 0 Å². The fraction of sp³-hybridized carbons (Fsp3) is 0.304. The number of allylic oxidation sites excluding steroid dienone is 1. The molecule has 0 radical (unpaired) electrons. The van der Waals surface area contributed by atoms with Crippen LogP contribution in [0.4, 0.5) is 4.79 Å². The largest absolute Gasteiger partial charge is 0.416 e. The van der Waals surface area contributed by atoms with Gasteiger partial charge in [-0.2, -0.15) is 5.26 Å². The van der Waals surface area contributed by atoms with E-state index in [0.29, 0.717) is 19.6 Å². The number of nitrogens with one attached hydrogen (secondary N) is 1. The highest BCUT2D eigenvalue weighted by Crippen LogP contribution is 2.41. The van der Waals surface area contributed by atoms with E-state index in [1.165, 1.54) is 17.5 Å². The van der Waals surface area contributed by atoms with Crippen molar-refractivity contribution in [3.05, 3.63) is 58.4 Å². The zero-order chi connectivity index (χ0) is 20.6. The molecule has 1 N–H and O–H groups in total. The molecule has 1 saturated heterocycles. The van der Waals surface area contributed by atoms with Gasteiger partial charge in [0.15, 0.2) is 0 Å². The lowest BCUT2D eigenvalue weighted by atomic mass is 9.77. The van der Waals surface area contributed by atoms with Gasteiger partial charge in [0.1, 0.15) is 6.33 Å². The summed E-state index contributed by atoms with van der Waals surface area (Å²) in [6.45, 7) is 1.75. The van der Waals surface area contributed by atoms with Gasteiger partial charge in [0.2, 0.25) is 5.88 Å². The number of rotatable bonds is 2. The summed E-state index contributed by atoms with van der Waals surface area (Å²) >= 11 is 0. The standard InChI is InChI=1S/C23H21N5O2/c24-10-7-17-14-25-11-12-28(17)22(29)30-21-18-6-9-23(13-20(18)26-15-27-21)8-5-16-3-1-2-4-19(16)23/h1-6,8,13,15,17,25H,7,9,11-12,14H2. The first-order valence-corrected chi connectivity index (χ1v) is 10.1. The number of carbonyl (C=O) groups is 1. The molecule has 1 aliphatic heterocycles. The number of benzene rings is 1. The fourth-order valence-electron chi connectivity index (χ4n) is 4.48. The molecule has 1 fully saturated rings. The summed E-state index contributed by atoms with van der Waals surface area (Å²) in [7, 11) is 0. The Labute approximate surface area is 174 Å². The van der Waals surface area contributed by atoms with Gasteiger partial charge in [-0.3, -0.25) is 0 Å². The van der Waals surface area contributed by atoms with Crippen LogP contribution in [0, 0.1) is 11.3 Å². The number of hydrogen-bond acceptors (Lipinski definition) is 6. The third-order valence-corrected chi connectivity index (χ3v) is 6.03. The van der Waals surface area contributed by atoms with Crippen molar-refractivity contribution in [3.63, 3.8) is 0 Å². The van der Waals surface area contributed by atoms with Gasteiger partial charge in [-0.25, -0.2) is 14.8 Å². The average Bonchev–Trinajstić information content (AvgIpc) is 3.12. The predicted molar refractivity (Wildman–Crippen MR) is 112 cm³/mol. The Morgan fingerprint density at radius 1 is 1.37 bits per heavy atom. The van der Waals surface area contributed by atoms with Crippen LogP contribution in [0.15, 0.2) is 36.7 Å². The third-order valence-electron chi connectivity index (χ3n) is 6.03. The van der Waals surface area contributed by atoms with Gasteiger partial charge in [0.25, 0.3) is 0 Å². The normalized spacial score (nSPS) is 23.7. The highest BCUT2D eigenvalue weighted by Gasteiger charge is 2.34. The monoisotopic (exact) mass is 399 g/mol. The van der Waals surface area contributed by atoms with Crippen LogP contribution in [0.1, 0.15) is 24.0 Å². The quantitative estimate of drug-likeness (QED) is 0.813. The Morgan fingerprint density at radius 3 is 3.17 bits per heavy atom. The van der Waals surface area contributed by atoms with Crippen molar-refractivity contribution in [2.45, 2.75) is 24.3 Å². The van der Waals surface area contributed by atoms with Crippen LogP contribution in [-0.4, -0.2) is 46.6 Å². The third kappa shape index (κ3) is 3.06. The Morgan fingerprint density at radius 2 is 2.27 bits per heavy atom. The van der Waals surface area contributed by atoms with Crippen LogP contribution in [-0.2, 0) is 5.41 Å². The molecule has 2 unspecified atom stereocenters. The number of hydrogen-bond donors (Lipinski definition) is 1. The van der Waals surface area contributed by atoms with Gasteiger partial charge in [-0.05, 0) is 23.6 Å². The predicted octanol–water partition coefficient (Wildman–Crippen LogP) is 1.09. The maximum Gasteiger partial charge on any atom is 0.416 e. The molecular weight excluding hydrogens is 378 g/mol. The van der Waals surface area contributed by atoms with Gasteiger partial charge < -0.3 is 15.0 Å². The van der Waals surface area contributed by atoms with E-state index in [4.69, 9.17) is 10.00 Å². The molecule has 2 aliphatic carbocycles. The van der Waals surface area contributed by atoms with Gasteiger partial charge >= 0.3 is 6.09 Å². The lowest BCUT2D eigenvalue weighted by Gasteiger charge is -2.33. The highest BCUT2D eigenvalue weighted by atomic mass is 16.6. The molecule has 0 saturated carbocycles. The van der Waals surface area contributed by atoms with Crippen molar-refractivity contribution >= 4 is 24.3 Å². The Balaban J connectivity index is 1.46. The first kappa shape index (κ1) is 18.5. The maximum absolute atomic E-state index is 12.8. The summed E-state index contributed by atoms with van der Waals surface area (Å²) in [5.41, 5.74) is 2.24. The lowest BCUT2D eigenvalue weighted by molar-refractivity contribution is 0.118. The van der Waals surface area contributed by atoms with Gasteiger partial charge in [0.05, 0.1) is 29.1 Å². The zero-order valence-electron chi connectivity index (χ0n) is 16.4. The Hall–Kier alpha value is -3.50. The maximum atomic E-state index is 12.8. The topological polar surface area (TPSA) is 91.1 Å². The first-order valence-electron chi connectivity index (χ1n) is 10.1. The van der Waals surface area contributed by atoms with Gasteiger partial charge in [-0.15, -0.1) is 0 Å². The van der Waals surface area contributed by atoms with E-state index in [1.54, 1.807) is 4.90 Å². The van der Waals surface area contributed by atoms with Crippen molar-refractivity contribution in [3.8, 4) is 11.9 Å². The summed E-state index contributed by atoms with van der Waals surface area (Å²) < 4.78 is 5.68. The number of nitriles is 1. The minimum absolute atomic E-state index is 0.201. The Bertz CT molecular complexity index is 1200. The molecule has 30 heavy (non-hydrogen) atoms. The summed E-state index contributed by atoms with van der Waals surface area (Å²) in [4.78, 5) is 23.1. The highest BCUT2D eigenvalue weighted by molar-refractivity contribution is 5.74. The number of ether oxygens (including phenoxy) is 1. The summed E-state index contributed by atoms with van der Waals surface area (Å²) in [6.07, 6.45) is 10.5. The van der Waals surface area contributed by atoms with E-state index in [0.717, 1.165) is 17.0 Å². The molecule has 2 aromatic rings. The molecular formula is C23H21N5O2. The number of carbonyl (C=O) groups excluding carboxylic acids is 1. The van der Waals surface area contributed by atoms with Crippen LogP contribution in [0.2, 0.25) is 0 Å². The molecule has 7 heteroatoms. The second-order valence-electron chi connectivity index (χ2n) is 7.77. The minimum Gasteiger partial charge on any atom is -0.390 e. The molecule has 150 valence electrons. The van der Waals surface area contributed by atoms with E-state index >= 15 is 0 Å². The molecule has 2 atom stereocenters. The molecule has 1 spiro atoms. The van der Waals surface area contributed by atoms with Crippen molar-refractivity contribution in [1.82, 2.24) is 20.2 Å². The average molecular weight is 399 g/mol. The number of amides is 1. The molecule has 1 aromatic carbocycles. The summed E-state index contributed by atoms with van der Waals surface area (Å²) in [5, 5.41) is 13.8. The number of piperazine rings is 1. The molecule has 2 heterocycles. The molecule has 0 bridgehead atoms. The van der Waals surface area contributed by atoms with Crippen molar-refractivity contribution < 1.29 is 9.53 Å². The molecule has 7 nitrogen and oxygen atoms in total. The van der Waals surface area contributed by atoms with Gasteiger partial charge in [0, 0.05) is 25.0 Å². The van der Waals surface area contributed by atoms with Crippen LogP contribution >= 0.6 is 0 Å². The van der Waals surface area contributed by atoms with E-state index in [-0.39, 0.29) is 23.8 Å². The van der Waals surface area contributed by atoms with E-state index in [9.17, 15) is 4.79 Å². The van der Waals surface area contributed by atoms with E-state index in [1.807, 2.05) is 6.07 Å². The SMILES string of the molecule is N#CCC1CNCCN1C(=O)Oc1ncnc2c1=CCC1(C=Cc3ccccc31)C=2. The first-order chi connectivity index (χ1) is 14.7.